The molecule has 0 aliphatic heterocycles. The van der Waals surface area contributed by atoms with Crippen LogP contribution in [-0.4, -0.2) is 4.98 Å². The average Bonchev–Trinajstić information content (AvgIpc) is 2.51. The minimum atomic E-state index is -0.198. The molecule has 3 aromatic rings. The topological polar surface area (TPSA) is 12.9 Å². The van der Waals surface area contributed by atoms with Crippen molar-refractivity contribution >= 4 is 0 Å². The number of halogens is 1. The normalized spacial score (nSPS) is 10.4. The van der Waals surface area contributed by atoms with Crippen LogP contribution in [0.25, 0.3) is 11.1 Å². The molecule has 0 saturated carbocycles. The lowest BCUT2D eigenvalue weighted by Crippen LogP contribution is -1.92. The van der Waals surface area contributed by atoms with E-state index in [1.54, 1.807) is 12.4 Å². The van der Waals surface area contributed by atoms with Crippen molar-refractivity contribution in [3.05, 3.63) is 90.0 Å². The summed E-state index contributed by atoms with van der Waals surface area (Å²) in [4.78, 5) is 4.05. The Balaban J connectivity index is 1.96. The lowest BCUT2D eigenvalue weighted by Gasteiger charge is -2.09. The summed E-state index contributed by atoms with van der Waals surface area (Å²) in [6.45, 7) is 0. The van der Waals surface area contributed by atoms with E-state index in [1.165, 1.54) is 23.3 Å². The molecular formula is C18H14FN. The fourth-order valence-electron chi connectivity index (χ4n) is 2.31. The standard InChI is InChI=1S/C18H14FN/c19-17-7-5-14(6-8-17)13-16-3-1-2-4-18(16)15-9-11-20-12-10-15/h1-12H,13H2. The summed E-state index contributed by atoms with van der Waals surface area (Å²) in [6.07, 6.45) is 4.38. The number of hydrogen-bond acceptors (Lipinski definition) is 1. The van der Waals surface area contributed by atoms with Crippen LogP contribution in [0.4, 0.5) is 4.39 Å². The predicted octanol–water partition coefficient (Wildman–Crippen LogP) is 4.48. The highest BCUT2D eigenvalue weighted by Crippen LogP contribution is 2.25. The smallest absolute Gasteiger partial charge is 0.123 e. The van der Waals surface area contributed by atoms with Gasteiger partial charge in [0.05, 0.1) is 0 Å². The molecule has 20 heavy (non-hydrogen) atoms. The van der Waals surface area contributed by atoms with E-state index in [9.17, 15) is 4.39 Å². The molecule has 0 aliphatic rings. The molecule has 0 spiro atoms. The van der Waals surface area contributed by atoms with Gasteiger partial charge >= 0.3 is 0 Å². The number of benzene rings is 2. The third-order valence-corrected chi connectivity index (χ3v) is 3.32. The van der Waals surface area contributed by atoms with Crippen LogP contribution in [0.2, 0.25) is 0 Å². The van der Waals surface area contributed by atoms with Crippen molar-refractivity contribution in [3.8, 4) is 11.1 Å². The molecule has 0 N–H and O–H groups in total. The monoisotopic (exact) mass is 263 g/mol. The molecule has 2 aromatic carbocycles. The van der Waals surface area contributed by atoms with Crippen LogP contribution in [0.3, 0.4) is 0 Å². The van der Waals surface area contributed by atoms with E-state index >= 15 is 0 Å². The third kappa shape index (κ3) is 2.75. The fraction of sp³-hybridized carbons (Fsp3) is 0.0556. The molecule has 1 heterocycles. The van der Waals surface area contributed by atoms with Crippen molar-refractivity contribution in [1.29, 1.82) is 0 Å². The molecule has 0 saturated heterocycles. The van der Waals surface area contributed by atoms with Crippen molar-refractivity contribution in [1.82, 2.24) is 4.98 Å². The summed E-state index contributed by atoms with van der Waals surface area (Å²) in [7, 11) is 0. The summed E-state index contributed by atoms with van der Waals surface area (Å²) >= 11 is 0. The van der Waals surface area contributed by atoms with Gasteiger partial charge in [-0.05, 0) is 52.9 Å². The van der Waals surface area contributed by atoms with Gasteiger partial charge in [-0.1, -0.05) is 36.4 Å². The highest BCUT2D eigenvalue weighted by atomic mass is 19.1. The van der Waals surface area contributed by atoms with Gasteiger partial charge in [-0.25, -0.2) is 4.39 Å². The molecule has 1 nitrogen and oxygen atoms in total. The molecule has 0 atom stereocenters. The van der Waals surface area contributed by atoms with Gasteiger partial charge in [0.2, 0.25) is 0 Å². The molecule has 1 aromatic heterocycles. The van der Waals surface area contributed by atoms with E-state index in [4.69, 9.17) is 0 Å². The van der Waals surface area contributed by atoms with Crippen LogP contribution >= 0.6 is 0 Å². The van der Waals surface area contributed by atoms with E-state index in [0.29, 0.717) is 0 Å². The Morgan fingerprint density at radius 1 is 0.800 bits per heavy atom. The lowest BCUT2D eigenvalue weighted by atomic mass is 9.95. The minimum absolute atomic E-state index is 0.198. The number of nitrogens with zero attached hydrogens (tertiary/aromatic N) is 1. The van der Waals surface area contributed by atoms with Crippen LogP contribution in [0.1, 0.15) is 11.1 Å². The molecule has 0 amide bonds. The van der Waals surface area contributed by atoms with Crippen molar-refractivity contribution in [3.63, 3.8) is 0 Å². The van der Waals surface area contributed by atoms with Crippen molar-refractivity contribution < 1.29 is 4.39 Å². The van der Waals surface area contributed by atoms with E-state index in [1.807, 2.05) is 36.4 Å². The summed E-state index contributed by atoms with van der Waals surface area (Å²) in [5, 5.41) is 0. The maximum Gasteiger partial charge on any atom is 0.123 e. The average molecular weight is 263 g/mol. The van der Waals surface area contributed by atoms with Crippen LogP contribution < -0.4 is 0 Å². The largest absolute Gasteiger partial charge is 0.265 e. The number of aromatic nitrogens is 1. The van der Waals surface area contributed by atoms with Crippen LogP contribution in [0, 0.1) is 5.82 Å². The van der Waals surface area contributed by atoms with Gasteiger partial charge in [0.1, 0.15) is 5.82 Å². The Morgan fingerprint density at radius 2 is 1.50 bits per heavy atom. The number of rotatable bonds is 3. The highest BCUT2D eigenvalue weighted by molar-refractivity contribution is 5.67. The Bertz CT molecular complexity index is 690. The fourth-order valence-corrected chi connectivity index (χ4v) is 2.31. The minimum Gasteiger partial charge on any atom is -0.265 e. The molecule has 0 radical (unpaired) electrons. The van der Waals surface area contributed by atoms with E-state index < -0.39 is 0 Å². The molecule has 98 valence electrons. The maximum atomic E-state index is 13.0. The quantitative estimate of drug-likeness (QED) is 0.679. The predicted molar refractivity (Wildman–Crippen MR) is 78.9 cm³/mol. The molecule has 0 unspecified atom stereocenters. The summed E-state index contributed by atoms with van der Waals surface area (Å²) in [5.74, 6) is -0.198. The van der Waals surface area contributed by atoms with Crippen LogP contribution in [-0.2, 0) is 6.42 Å². The number of hydrogen-bond donors (Lipinski definition) is 0. The van der Waals surface area contributed by atoms with E-state index in [-0.39, 0.29) is 5.82 Å². The maximum absolute atomic E-state index is 13.0. The SMILES string of the molecule is Fc1ccc(Cc2ccccc2-c2ccncc2)cc1. The van der Waals surface area contributed by atoms with Crippen LogP contribution in [0.5, 0.6) is 0 Å². The molecule has 0 aliphatic carbocycles. The van der Waals surface area contributed by atoms with Crippen molar-refractivity contribution in [2.24, 2.45) is 0 Å². The zero-order chi connectivity index (χ0) is 13.8. The Morgan fingerprint density at radius 3 is 2.25 bits per heavy atom. The van der Waals surface area contributed by atoms with Gasteiger partial charge in [0.15, 0.2) is 0 Å². The van der Waals surface area contributed by atoms with Crippen LogP contribution in [0.15, 0.2) is 73.1 Å². The first-order valence-corrected chi connectivity index (χ1v) is 6.56. The lowest BCUT2D eigenvalue weighted by molar-refractivity contribution is 0.627. The van der Waals surface area contributed by atoms with E-state index in [2.05, 4.69) is 17.1 Å². The summed E-state index contributed by atoms with van der Waals surface area (Å²) in [6, 6.07) is 19.0. The molecule has 0 fully saturated rings. The first-order valence-electron chi connectivity index (χ1n) is 6.56. The van der Waals surface area contributed by atoms with Gasteiger partial charge in [-0.3, -0.25) is 4.98 Å². The first kappa shape index (κ1) is 12.5. The third-order valence-electron chi connectivity index (χ3n) is 3.32. The zero-order valence-corrected chi connectivity index (χ0v) is 11.0. The Labute approximate surface area is 117 Å². The summed E-state index contributed by atoms with van der Waals surface area (Å²) < 4.78 is 13.0. The molecular weight excluding hydrogens is 249 g/mol. The van der Waals surface area contributed by atoms with Gasteiger partial charge in [-0.15, -0.1) is 0 Å². The molecule has 0 bridgehead atoms. The zero-order valence-electron chi connectivity index (χ0n) is 11.0. The molecule has 2 heteroatoms. The second-order valence-electron chi connectivity index (χ2n) is 4.70. The van der Waals surface area contributed by atoms with E-state index in [0.717, 1.165) is 17.5 Å². The van der Waals surface area contributed by atoms with Gasteiger partial charge in [0, 0.05) is 12.4 Å². The first-order chi connectivity index (χ1) is 9.83. The van der Waals surface area contributed by atoms with Gasteiger partial charge in [-0.2, -0.15) is 0 Å². The van der Waals surface area contributed by atoms with Gasteiger partial charge in [0.25, 0.3) is 0 Å². The van der Waals surface area contributed by atoms with Gasteiger partial charge < -0.3 is 0 Å². The Hall–Kier alpha value is -2.48. The van der Waals surface area contributed by atoms with Crippen molar-refractivity contribution in [2.75, 3.05) is 0 Å². The summed E-state index contributed by atoms with van der Waals surface area (Å²) in [5.41, 5.74) is 4.68. The number of pyridine rings is 1. The Kier molecular flexibility index (Phi) is 3.55. The van der Waals surface area contributed by atoms with Crippen molar-refractivity contribution in [2.45, 2.75) is 6.42 Å². The second kappa shape index (κ2) is 5.66. The highest BCUT2D eigenvalue weighted by Gasteiger charge is 2.05. The second-order valence-corrected chi connectivity index (χ2v) is 4.70. The molecule has 3 rings (SSSR count).